The van der Waals surface area contributed by atoms with Crippen LogP contribution in [0.15, 0.2) is 36.4 Å². The maximum atomic E-state index is 13.6. The summed E-state index contributed by atoms with van der Waals surface area (Å²) in [6, 6.07) is 10.1. The van der Waals surface area contributed by atoms with E-state index < -0.39 is 5.82 Å². The highest BCUT2D eigenvalue weighted by Gasteiger charge is 2.18. The SMILES string of the molecule is Br.Br.Br.Oc1ccc(-c2ccc3c(-c4nc5c([nH]4)CNCC5)n[nH]c3c2)cc1F. The molecular weight excluding hydrogens is 573 g/mol. The molecule has 0 amide bonds. The summed E-state index contributed by atoms with van der Waals surface area (Å²) in [5.41, 5.74) is 5.36. The smallest absolute Gasteiger partial charge is 0.165 e. The number of phenolic OH excluding ortho intramolecular Hbond substituents is 1. The first-order valence-electron chi connectivity index (χ1n) is 8.45. The highest BCUT2D eigenvalue weighted by molar-refractivity contribution is 8.93. The van der Waals surface area contributed by atoms with Crippen molar-refractivity contribution in [2.75, 3.05) is 6.54 Å². The number of nitrogens with one attached hydrogen (secondary N) is 3. The molecule has 5 rings (SSSR count). The van der Waals surface area contributed by atoms with Crippen molar-refractivity contribution in [1.82, 2.24) is 25.5 Å². The number of aromatic nitrogens is 4. The summed E-state index contributed by atoms with van der Waals surface area (Å²) in [7, 11) is 0. The molecule has 2 aromatic heterocycles. The van der Waals surface area contributed by atoms with Gasteiger partial charge in [0.1, 0.15) is 5.69 Å². The quantitative estimate of drug-likeness (QED) is 0.268. The lowest BCUT2D eigenvalue weighted by molar-refractivity contribution is 0.432. The van der Waals surface area contributed by atoms with E-state index in [-0.39, 0.29) is 56.7 Å². The van der Waals surface area contributed by atoms with Crippen molar-refractivity contribution in [2.24, 2.45) is 0 Å². The van der Waals surface area contributed by atoms with Crippen LogP contribution < -0.4 is 5.32 Å². The molecule has 0 spiro atoms. The molecule has 10 heteroatoms. The first-order valence-corrected chi connectivity index (χ1v) is 8.45. The van der Waals surface area contributed by atoms with Crippen LogP contribution in [0.5, 0.6) is 5.75 Å². The van der Waals surface area contributed by atoms with E-state index >= 15 is 0 Å². The summed E-state index contributed by atoms with van der Waals surface area (Å²) in [6.07, 6.45) is 0.907. The monoisotopic (exact) mass is 589 g/mol. The van der Waals surface area contributed by atoms with Gasteiger partial charge < -0.3 is 15.4 Å². The summed E-state index contributed by atoms with van der Waals surface area (Å²) in [4.78, 5) is 8.04. The number of nitrogens with zero attached hydrogens (tertiary/aromatic N) is 2. The molecule has 0 bridgehead atoms. The van der Waals surface area contributed by atoms with Gasteiger partial charge in [-0.25, -0.2) is 9.37 Å². The van der Waals surface area contributed by atoms with Crippen molar-refractivity contribution in [3.05, 3.63) is 53.6 Å². The van der Waals surface area contributed by atoms with E-state index in [1.54, 1.807) is 6.07 Å². The van der Waals surface area contributed by atoms with Crippen molar-refractivity contribution >= 4 is 61.8 Å². The zero-order valence-electron chi connectivity index (χ0n) is 15.0. The summed E-state index contributed by atoms with van der Waals surface area (Å²) >= 11 is 0. The van der Waals surface area contributed by atoms with Crippen LogP contribution in [0.4, 0.5) is 4.39 Å². The number of hydrogen-bond donors (Lipinski definition) is 4. The number of imidazole rings is 1. The Morgan fingerprint density at radius 3 is 2.52 bits per heavy atom. The van der Waals surface area contributed by atoms with Gasteiger partial charge in [0, 0.05) is 24.9 Å². The maximum absolute atomic E-state index is 13.6. The normalized spacial score (nSPS) is 12.4. The van der Waals surface area contributed by atoms with E-state index in [4.69, 9.17) is 0 Å². The molecular formula is C19H19Br3FN5O. The second kappa shape index (κ2) is 9.38. The zero-order chi connectivity index (χ0) is 17.7. The van der Waals surface area contributed by atoms with Crippen molar-refractivity contribution in [3.63, 3.8) is 0 Å². The second-order valence-corrected chi connectivity index (χ2v) is 6.44. The van der Waals surface area contributed by atoms with E-state index in [0.29, 0.717) is 5.56 Å². The molecule has 6 nitrogen and oxygen atoms in total. The third kappa shape index (κ3) is 4.25. The first-order chi connectivity index (χ1) is 12.7. The van der Waals surface area contributed by atoms with Gasteiger partial charge in [-0.15, -0.1) is 50.9 Å². The molecule has 2 aromatic carbocycles. The van der Waals surface area contributed by atoms with Crippen LogP contribution in [0, 0.1) is 5.82 Å². The Morgan fingerprint density at radius 1 is 1.00 bits per heavy atom. The number of H-pyrrole nitrogens is 2. The van der Waals surface area contributed by atoms with Crippen LogP contribution in [0.25, 0.3) is 33.5 Å². The molecule has 1 aliphatic heterocycles. The fourth-order valence-corrected chi connectivity index (χ4v) is 3.40. The standard InChI is InChI=1S/C19H16FN5O.3BrH/c20-13-7-10(2-4-17(13)26)11-1-3-12-15(8-11)24-25-18(12)19-22-14-5-6-21-9-16(14)23-19;;;/h1-4,7-8,21,26H,5-6,9H2,(H,22,23)(H,24,25);3*1H. The average Bonchev–Trinajstić information content (AvgIpc) is 3.26. The van der Waals surface area contributed by atoms with Crippen LogP contribution >= 0.6 is 50.9 Å². The van der Waals surface area contributed by atoms with Gasteiger partial charge in [-0.2, -0.15) is 5.10 Å². The van der Waals surface area contributed by atoms with E-state index in [0.717, 1.165) is 58.9 Å². The largest absolute Gasteiger partial charge is 0.505 e. The van der Waals surface area contributed by atoms with Gasteiger partial charge in [0.15, 0.2) is 17.4 Å². The van der Waals surface area contributed by atoms with Crippen molar-refractivity contribution in [2.45, 2.75) is 13.0 Å². The molecule has 154 valence electrons. The van der Waals surface area contributed by atoms with Crippen LogP contribution in [-0.2, 0) is 13.0 Å². The highest BCUT2D eigenvalue weighted by Crippen LogP contribution is 2.31. The highest BCUT2D eigenvalue weighted by atomic mass is 79.9. The maximum Gasteiger partial charge on any atom is 0.165 e. The Kier molecular flexibility index (Phi) is 7.61. The number of halogens is 4. The minimum atomic E-state index is -0.636. The molecule has 0 saturated carbocycles. The molecule has 3 heterocycles. The molecule has 4 N–H and O–H groups in total. The number of hydrogen-bond acceptors (Lipinski definition) is 4. The Labute approximate surface area is 197 Å². The van der Waals surface area contributed by atoms with Crippen LogP contribution in [0.1, 0.15) is 11.4 Å². The van der Waals surface area contributed by atoms with Crippen molar-refractivity contribution < 1.29 is 9.50 Å². The molecule has 0 fully saturated rings. The van der Waals surface area contributed by atoms with E-state index in [9.17, 15) is 9.50 Å². The predicted octanol–water partition coefficient (Wildman–Crippen LogP) is 4.84. The Bertz CT molecular complexity index is 1120. The third-order valence-corrected chi connectivity index (χ3v) is 4.77. The summed E-state index contributed by atoms with van der Waals surface area (Å²) in [5, 5.41) is 21.1. The van der Waals surface area contributed by atoms with E-state index in [1.165, 1.54) is 12.1 Å². The fraction of sp³-hybridized carbons (Fsp3) is 0.158. The molecule has 0 unspecified atom stereocenters. The number of fused-ring (bicyclic) bond motifs is 2. The van der Waals surface area contributed by atoms with Gasteiger partial charge in [0.05, 0.1) is 16.9 Å². The van der Waals surface area contributed by atoms with E-state index in [2.05, 4.69) is 25.5 Å². The lowest BCUT2D eigenvalue weighted by Crippen LogP contribution is -2.23. The Hall–Kier alpha value is -1.75. The average molecular weight is 592 g/mol. The van der Waals surface area contributed by atoms with E-state index in [1.807, 2.05) is 18.2 Å². The summed E-state index contributed by atoms with van der Waals surface area (Å²) in [6.45, 7) is 1.73. The number of aromatic amines is 2. The number of benzene rings is 2. The minimum Gasteiger partial charge on any atom is -0.505 e. The van der Waals surface area contributed by atoms with Crippen LogP contribution in [-0.4, -0.2) is 31.8 Å². The van der Waals surface area contributed by atoms with Crippen LogP contribution in [0.2, 0.25) is 0 Å². The predicted molar refractivity (Wildman–Crippen MR) is 127 cm³/mol. The molecule has 1 aliphatic rings. The molecule has 0 radical (unpaired) electrons. The van der Waals surface area contributed by atoms with Gasteiger partial charge in [0.2, 0.25) is 0 Å². The number of rotatable bonds is 2. The summed E-state index contributed by atoms with van der Waals surface area (Å²) in [5.74, 6) is -0.231. The topological polar surface area (TPSA) is 89.6 Å². The second-order valence-electron chi connectivity index (χ2n) is 6.44. The molecule has 0 saturated heterocycles. The van der Waals surface area contributed by atoms with Gasteiger partial charge in [-0.05, 0) is 35.4 Å². The Morgan fingerprint density at radius 2 is 1.76 bits per heavy atom. The zero-order valence-corrected chi connectivity index (χ0v) is 20.2. The number of aromatic hydroxyl groups is 1. The van der Waals surface area contributed by atoms with Crippen molar-refractivity contribution in [3.8, 4) is 28.4 Å². The van der Waals surface area contributed by atoms with Gasteiger partial charge >= 0.3 is 0 Å². The first kappa shape index (κ1) is 23.5. The van der Waals surface area contributed by atoms with Crippen LogP contribution in [0.3, 0.4) is 0 Å². The van der Waals surface area contributed by atoms with Gasteiger partial charge in [-0.1, -0.05) is 12.1 Å². The summed E-state index contributed by atoms with van der Waals surface area (Å²) < 4.78 is 13.6. The van der Waals surface area contributed by atoms with Gasteiger partial charge in [0.25, 0.3) is 0 Å². The molecule has 4 aromatic rings. The number of phenols is 1. The lowest BCUT2D eigenvalue weighted by atomic mass is 10.0. The molecule has 0 aliphatic carbocycles. The van der Waals surface area contributed by atoms with Gasteiger partial charge in [-0.3, -0.25) is 5.10 Å². The Balaban J connectivity index is 0.000001000. The molecule has 29 heavy (non-hydrogen) atoms. The minimum absolute atomic E-state index is 0. The third-order valence-electron chi connectivity index (χ3n) is 4.77. The van der Waals surface area contributed by atoms with Crippen molar-refractivity contribution in [1.29, 1.82) is 0 Å². The fourth-order valence-electron chi connectivity index (χ4n) is 3.40. The lowest BCUT2D eigenvalue weighted by Gasteiger charge is -2.09. The molecule has 0 atom stereocenters.